The minimum atomic E-state index is -0.903. The van der Waals surface area contributed by atoms with Crippen molar-refractivity contribution in [2.45, 2.75) is 12.5 Å². The van der Waals surface area contributed by atoms with Crippen LogP contribution in [0.2, 0.25) is 0 Å². The summed E-state index contributed by atoms with van der Waals surface area (Å²) in [6.45, 7) is 1.01. The summed E-state index contributed by atoms with van der Waals surface area (Å²) in [4.78, 5) is 26.1. The molecule has 2 unspecified atom stereocenters. The van der Waals surface area contributed by atoms with Gasteiger partial charge in [-0.1, -0.05) is 0 Å². The molecular formula is C12H19N3O4. The third kappa shape index (κ3) is 4.19. The summed E-state index contributed by atoms with van der Waals surface area (Å²) in [7, 11) is 3.35. The number of hydrogen-bond donors (Lipinski definition) is 1. The molecule has 0 spiro atoms. The van der Waals surface area contributed by atoms with Crippen molar-refractivity contribution in [3.8, 4) is 6.07 Å². The van der Waals surface area contributed by atoms with E-state index in [2.05, 4.69) is 0 Å². The van der Waals surface area contributed by atoms with Crippen molar-refractivity contribution >= 4 is 11.9 Å². The molecule has 1 aliphatic rings. The number of nitrogens with zero attached hydrogens (tertiary/aromatic N) is 3. The quantitative estimate of drug-likeness (QED) is 0.691. The summed E-state index contributed by atoms with van der Waals surface area (Å²) in [6, 6.07) is 1.69. The molecule has 0 saturated carbocycles. The summed E-state index contributed by atoms with van der Waals surface area (Å²) < 4.78 is 5.17. The van der Waals surface area contributed by atoms with E-state index in [4.69, 9.17) is 15.1 Å². The van der Waals surface area contributed by atoms with Gasteiger partial charge < -0.3 is 14.7 Å². The topological polar surface area (TPSA) is 93.9 Å². The van der Waals surface area contributed by atoms with Gasteiger partial charge in [0.05, 0.1) is 38.2 Å². The first-order chi connectivity index (χ1) is 8.97. The molecule has 0 aromatic rings. The van der Waals surface area contributed by atoms with Crippen molar-refractivity contribution in [3.05, 3.63) is 0 Å². The van der Waals surface area contributed by atoms with Crippen LogP contribution in [0.1, 0.15) is 6.42 Å². The number of hydrogen-bond acceptors (Lipinski definition) is 5. The molecule has 0 aromatic heterocycles. The second kappa shape index (κ2) is 7.07. The monoisotopic (exact) mass is 269 g/mol. The smallest absolute Gasteiger partial charge is 0.310 e. The van der Waals surface area contributed by atoms with E-state index in [1.807, 2.05) is 6.07 Å². The lowest BCUT2D eigenvalue weighted by Gasteiger charge is -2.27. The van der Waals surface area contributed by atoms with Crippen molar-refractivity contribution in [2.75, 3.05) is 40.4 Å². The van der Waals surface area contributed by atoms with Crippen LogP contribution in [0.15, 0.2) is 0 Å². The molecule has 0 aliphatic carbocycles. The molecule has 19 heavy (non-hydrogen) atoms. The van der Waals surface area contributed by atoms with E-state index >= 15 is 0 Å². The summed E-state index contributed by atoms with van der Waals surface area (Å²) in [5.74, 6) is -1.63. The molecule has 0 aromatic carbocycles. The number of carbonyl (C=O) groups is 2. The average Bonchev–Trinajstić information content (AvgIpc) is 2.84. The Morgan fingerprint density at radius 3 is 2.68 bits per heavy atom. The number of carbonyl (C=O) groups excluding carboxylic acids is 1. The molecule has 0 bridgehead atoms. The third-order valence-corrected chi connectivity index (χ3v) is 3.30. The van der Waals surface area contributed by atoms with Crippen LogP contribution in [0.3, 0.4) is 0 Å². The van der Waals surface area contributed by atoms with E-state index in [-0.39, 0.29) is 31.5 Å². The number of carboxylic acids is 1. The zero-order chi connectivity index (χ0) is 14.4. The van der Waals surface area contributed by atoms with Crippen LogP contribution in [0, 0.1) is 17.2 Å². The highest BCUT2D eigenvalue weighted by Crippen LogP contribution is 2.18. The lowest BCUT2D eigenvalue weighted by atomic mass is 10.0. The minimum absolute atomic E-state index is 0.125. The molecule has 1 saturated heterocycles. The fourth-order valence-electron chi connectivity index (χ4n) is 2.01. The normalized spacial score (nSPS) is 22.2. The Bertz CT molecular complexity index is 380. The van der Waals surface area contributed by atoms with Gasteiger partial charge in [0.25, 0.3) is 0 Å². The van der Waals surface area contributed by atoms with E-state index in [1.54, 1.807) is 19.0 Å². The van der Waals surface area contributed by atoms with E-state index in [9.17, 15) is 9.59 Å². The van der Waals surface area contributed by atoms with Gasteiger partial charge in [-0.15, -0.1) is 0 Å². The number of aliphatic carboxylic acids is 1. The number of nitriles is 1. The Morgan fingerprint density at radius 2 is 2.11 bits per heavy atom. The predicted molar refractivity (Wildman–Crippen MR) is 66.2 cm³/mol. The lowest BCUT2D eigenvalue weighted by molar-refractivity contribution is -0.144. The van der Waals surface area contributed by atoms with Crippen LogP contribution in [0.4, 0.5) is 0 Å². The fourth-order valence-corrected chi connectivity index (χ4v) is 2.01. The molecule has 0 radical (unpaired) electrons. The molecule has 1 fully saturated rings. The van der Waals surface area contributed by atoms with Crippen molar-refractivity contribution in [3.63, 3.8) is 0 Å². The molecule has 1 rings (SSSR count). The van der Waals surface area contributed by atoms with Crippen molar-refractivity contribution in [2.24, 2.45) is 5.92 Å². The van der Waals surface area contributed by atoms with Crippen LogP contribution in [-0.4, -0.2) is 73.2 Å². The van der Waals surface area contributed by atoms with Gasteiger partial charge >= 0.3 is 5.97 Å². The average molecular weight is 269 g/mol. The van der Waals surface area contributed by atoms with E-state index in [0.717, 1.165) is 0 Å². The number of amides is 1. The zero-order valence-corrected chi connectivity index (χ0v) is 11.2. The van der Waals surface area contributed by atoms with Crippen LogP contribution in [0.25, 0.3) is 0 Å². The minimum Gasteiger partial charge on any atom is -0.481 e. The molecule has 7 nitrogen and oxygen atoms in total. The molecule has 1 heterocycles. The van der Waals surface area contributed by atoms with Gasteiger partial charge in [-0.25, -0.2) is 0 Å². The standard InChI is InChI=1S/C12H19N3O4/c1-14(5-3-4-13)11(16)6-15(2)10-8-19-7-9(10)12(17)18/h9-10H,3,5-8H2,1-2H3,(H,17,18). The maximum Gasteiger partial charge on any atom is 0.310 e. The maximum absolute atomic E-state index is 11.9. The lowest BCUT2D eigenvalue weighted by Crippen LogP contribution is -2.46. The molecular weight excluding hydrogens is 250 g/mol. The van der Waals surface area contributed by atoms with E-state index in [0.29, 0.717) is 13.2 Å². The van der Waals surface area contributed by atoms with Gasteiger partial charge in [0.2, 0.25) is 5.91 Å². The summed E-state index contributed by atoms with van der Waals surface area (Å²) in [6.07, 6.45) is 0.288. The summed E-state index contributed by atoms with van der Waals surface area (Å²) in [5, 5.41) is 17.5. The Morgan fingerprint density at radius 1 is 1.42 bits per heavy atom. The highest BCUT2D eigenvalue weighted by atomic mass is 16.5. The molecule has 1 amide bonds. The Hall–Kier alpha value is -1.65. The van der Waals surface area contributed by atoms with E-state index < -0.39 is 11.9 Å². The van der Waals surface area contributed by atoms with Crippen molar-refractivity contribution in [1.82, 2.24) is 9.80 Å². The molecule has 106 valence electrons. The van der Waals surface area contributed by atoms with Crippen LogP contribution in [0.5, 0.6) is 0 Å². The highest BCUT2D eigenvalue weighted by Gasteiger charge is 2.37. The summed E-state index contributed by atoms with van der Waals surface area (Å²) in [5.41, 5.74) is 0. The molecule has 1 N–H and O–H groups in total. The van der Waals surface area contributed by atoms with Crippen molar-refractivity contribution in [1.29, 1.82) is 5.26 Å². The zero-order valence-electron chi connectivity index (χ0n) is 11.2. The second-order valence-electron chi connectivity index (χ2n) is 4.69. The Kier molecular flexibility index (Phi) is 5.73. The number of rotatable bonds is 6. The number of ether oxygens (including phenoxy) is 1. The fraction of sp³-hybridized carbons (Fsp3) is 0.750. The van der Waals surface area contributed by atoms with Crippen LogP contribution < -0.4 is 0 Å². The van der Waals surface area contributed by atoms with Gasteiger partial charge in [-0.2, -0.15) is 5.26 Å². The third-order valence-electron chi connectivity index (χ3n) is 3.30. The second-order valence-corrected chi connectivity index (χ2v) is 4.69. The van der Waals surface area contributed by atoms with Crippen LogP contribution >= 0.6 is 0 Å². The first kappa shape index (κ1) is 15.4. The van der Waals surface area contributed by atoms with Gasteiger partial charge in [0, 0.05) is 19.6 Å². The Labute approximate surface area is 112 Å². The molecule has 2 atom stereocenters. The Balaban J connectivity index is 2.50. The molecule has 1 aliphatic heterocycles. The van der Waals surface area contributed by atoms with Crippen molar-refractivity contribution < 1.29 is 19.4 Å². The van der Waals surface area contributed by atoms with Gasteiger partial charge in [-0.05, 0) is 7.05 Å². The summed E-state index contributed by atoms with van der Waals surface area (Å²) >= 11 is 0. The maximum atomic E-state index is 11.9. The van der Waals surface area contributed by atoms with Gasteiger partial charge in [-0.3, -0.25) is 14.5 Å². The highest BCUT2D eigenvalue weighted by molar-refractivity contribution is 5.78. The predicted octanol–water partition coefficient (Wildman–Crippen LogP) is -0.610. The SMILES string of the molecule is CN(CCC#N)C(=O)CN(C)C1COCC1C(=O)O. The van der Waals surface area contributed by atoms with E-state index in [1.165, 1.54) is 4.90 Å². The number of carboxylic acid groups (broad SMARTS) is 1. The largest absolute Gasteiger partial charge is 0.481 e. The van der Waals surface area contributed by atoms with Gasteiger partial charge in [0.1, 0.15) is 0 Å². The van der Waals surface area contributed by atoms with Crippen LogP contribution in [-0.2, 0) is 14.3 Å². The number of likely N-dealkylation sites (N-methyl/N-ethyl adjacent to an activating group) is 2. The first-order valence-electron chi connectivity index (χ1n) is 6.09. The first-order valence-corrected chi connectivity index (χ1v) is 6.09. The molecule has 7 heteroatoms. The van der Waals surface area contributed by atoms with Gasteiger partial charge in [0.15, 0.2) is 0 Å².